The van der Waals surface area contributed by atoms with Gasteiger partial charge in [-0.1, -0.05) is 48.5 Å². The van der Waals surface area contributed by atoms with Gasteiger partial charge in [-0.2, -0.15) is 0 Å². The van der Waals surface area contributed by atoms with Gasteiger partial charge in [0.15, 0.2) is 5.78 Å². The molecular weight excluding hydrogens is 358 g/mol. The predicted octanol–water partition coefficient (Wildman–Crippen LogP) is 3.79. The number of nitrogens with one attached hydrogen (secondary N) is 1. The average Bonchev–Trinajstić information content (AvgIpc) is 3.09. The molecule has 2 heterocycles. The van der Waals surface area contributed by atoms with Crippen LogP contribution >= 0.6 is 0 Å². The van der Waals surface area contributed by atoms with E-state index in [1.165, 1.54) is 10.8 Å². The molecule has 0 fully saturated rings. The lowest BCUT2D eigenvalue weighted by molar-refractivity contribution is -0.386. The Balaban J connectivity index is 1.80. The summed E-state index contributed by atoms with van der Waals surface area (Å²) in [5.74, 6) is -0.214. The number of rotatable bonds is 5. The first kappa shape index (κ1) is 17.4. The second-order valence-corrected chi connectivity index (χ2v) is 6.33. The van der Waals surface area contributed by atoms with Gasteiger partial charge in [-0.3, -0.25) is 19.7 Å². The molecule has 0 aliphatic heterocycles. The third kappa shape index (κ3) is 3.09. The average molecular weight is 373 g/mol. The fourth-order valence-corrected chi connectivity index (χ4v) is 3.25. The number of para-hydroxylation sites is 1. The van der Waals surface area contributed by atoms with Crippen LogP contribution in [0.1, 0.15) is 10.4 Å². The molecule has 4 aromatic rings. The maximum Gasteiger partial charge on any atom is 0.332 e. The first-order valence-electron chi connectivity index (χ1n) is 8.58. The molecule has 0 radical (unpaired) electrons. The quantitative estimate of drug-likeness (QED) is 0.327. The van der Waals surface area contributed by atoms with E-state index in [9.17, 15) is 19.7 Å². The minimum Gasteiger partial charge on any atom is -0.354 e. The Kier molecular flexibility index (Phi) is 4.33. The third-order valence-corrected chi connectivity index (χ3v) is 4.53. The fourth-order valence-electron chi connectivity index (χ4n) is 3.25. The van der Waals surface area contributed by atoms with Gasteiger partial charge in [-0.25, -0.2) is 0 Å². The van der Waals surface area contributed by atoms with Crippen molar-refractivity contribution in [2.45, 2.75) is 6.54 Å². The Bertz CT molecular complexity index is 1260. The van der Waals surface area contributed by atoms with Crippen molar-refractivity contribution in [1.29, 1.82) is 0 Å². The smallest absolute Gasteiger partial charge is 0.332 e. The first-order valence-corrected chi connectivity index (χ1v) is 8.58. The molecule has 138 valence electrons. The SMILES string of the molecule is O=C(Cn1ccc(=O)c([N+](=O)[O-])c1)c1c(-c2ccccc2)[nH]c2ccccc12. The molecular formula is C21H15N3O4. The summed E-state index contributed by atoms with van der Waals surface area (Å²) in [4.78, 5) is 38.3. The van der Waals surface area contributed by atoms with Gasteiger partial charge in [0.05, 0.1) is 28.9 Å². The summed E-state index contributed by atoms with van der Waals surface area (Å²) in [5, 5.41) is 11.8. The van der Waals surface area contributed by atoms with E-state index in [2.05, 4.69) is 4.98 Å². The zero-order valence-electron chi connectivity index (χ0n) is 14.7. The largest absolute Gasteiger partial charge is 0.354 e. The minimum absolute atomic E-state index is 0.122. The van der Waals surface area contributed by atoms with E-state index < -0.39 is 16.0 Å². The van der Waals surface area contributed by atoms with Crippen LogP contribution in [-0.4, -0.2) is 20.3 Å². The van der Waals surface area contributed by atoms with Gasteiger partial charge in [-0.15, -0.1) is 0 Å². The van der Waals surface area contributed by atoms with E-state index in [0.717, 1.165) is 28.7 Å². The molecule has 0 saturated heterocycles. The van der Waals surface area contributed by atoms with Crippen LogP contribution in [0.4, 0.5) is 5.69 Å². The lowest BCUT2D eigenvalue weighted by Gasteiger charge is -2.07. The number of fused-ring (bicyclic) bond motifs is 1. The number of H-pyrrole nitrogens is 1. The molecule has 7 heteroatoms. The Morgan fingerprint density at radius 1 is 1.04 bits per heavy atom. The van der Waals surface area contributed by atoms with Crippen LogP contribution in [0.25, 0.3) is 22.2 Å². The Hall–Kier alpha value is -4.00. The van der Waals surface area contributed by atoms with Crippen LogP contribution in [0, 0.1) is 10.1 Å². The van der Waals surface area contributed by atoms with Gasteiger partial charge in [-0.05, 0) is 11.6 Å². The number of aromatic amines is 1. The molecule has 0 amide bonds. The maximum absolute atomic E-state index is 13.2. The van der Waals surface area contributed by atoms with E-state index >= 15 is 0 Å². The first-order chi connectivity index (χ1) is 13.5. The van der Waals surface area contributed by atoms with Gasteiger partial charge < -0.3 is 9.55 Å². The summed E-state index contributed by atoms with van der Waals surface area (Å²) in [6.07, 6.45) is 2.47. The monoisotopic (exact) mass is 373 g/mol. The zero-order valence-corrected chi connectivity index (χ0v) is 14.7. The van der Waals surface area contributed by atoms with Crippen molar-refractivity contribution in [1.82, 2.24) is 9.55 Å². The van der Waals surface area contributed by atoms with Crippen molar-refractivity contribution in [3.05, 3.63) is 99.0 Å². The van der Waals surface area contributed by atoms with Crippen LogP contribution in [-0.2, 0) is 6.54 Å². The van der Waals surface area contributed by atoms with Gasteiger partial charge in [0, 0.05) is 23.2 Å². The summed E-state index contributed by atoms with van der Waals surface area (Å²) in [6.45, 7) is -0.122. The molecule has 0 unspecified atom stereocenters. The maximum atomic E-state index is 13.2. The Labute approximate surface area is 159 Å². The normalized spacial score (nSPS) is 10.9. The predicted molar refractivity (Wildman–Crippen MR) is 105 cm³/mol. The van der Waals surface area contributed by atoms with Crippen molar-refractivity contribution < 1.29 is 9.72 Å². The number of nitrogens with zero attached hydrogens (tertiary/aromatic N) is 2. The van der Waals surface area contributed by atoms with Crippen molar-refractivity contribution in [2.24, 2.45) is 0 Å². The number of pyridine rings is 1. The van der Waals surface area contributed by atoms with Crippen molar-refractivity contribution in [2.75, 3.05) is 0 Å². The van der Waals surface area contributed by atoms with Crippen molar-refractivity contribution in [3.8, 4) is 11.3 Å². The second kappa shape index (κ2) is 6.96. The number of hydrogen-bond donors (Lipinski definition) is 1. The van der Waals surface area contributed by atoms with E-state index in [1.54, 1.807) is 0 Å². The summed E-state index contributed by atoms with van der Waals surface area (Å²) >= 11 is 0. The number of hydrogen-bond acceptors (Lipinski definition) is 4. The number of aromatic nitrogens is 2. The molecule has 4 rings (SSSR count). The minimum atomic E-state index is -0.746. The summed E-state index contributed by atoms with van der Waals surface area (Å²) < 4.78 is 1.36. The molecule has 0 saturated carbocycles. The molecule has 28 heavy (non-hydrogen) atoms. The number of Topliss-reactive ketones (excluding diaryl/α,β-unsaturated/α-hetero) is 1. The number of carbonyl (C=O) groups excluding carboxylic acids is 1. The molecule has 1 N–H and O–H groups in total. The Morgan fingerprint density at radius 3 is 2.50 bits per heavy atom. The second-order valence-electron chi connectivity index (χ2n) is 6.33. The number of benzene rings is 2. The lowest BCUT2D eigenvalue weighted by atomic mass is 10.0. The molecule has 2 aromatic carbocycles. The molecule has 0 bridgehead atoms. The van der Waals surface area contributed by atoms with Gasteiger partial charge >= 0.3 is 5.69 Å². The van der Waals surface area contributed by atoms with E-state index in [1.807, 2.05) is 54.6 Å². The number of ketones is 1. The highest BCUT2D eigenvalue weighted by Crippen LogP contribution is 2.31. The highest BCUT2D eigenvalue weighted by molar-refractivity contribution is 6.13. The third-order valence-electron chi connectivity index (χ3n) is 4.53. The lowest BCUT2D eigenvalue weighted by Crippen LogP contribution is -2.15. The number of carbonyl (C=O) groups is 1. The highest BCUT2D eigenvalue weighted by atomic mass is 16.6. The van der Waals surface area contributed by atoms with Gasteiger partial charge in [0.2, 0.25) is 0 Å². The Morgan fingerprint density at radius 2 is 1.75 bits per heavy atom. The van der Waals surface area contributed by atoms with Crippen LogP contribution in [0.15, 0.2) is 77.9 Å². The zero-order chi connectivity index (χ0) is 19.7. The molecule has 0 aliphatic rings. The van der Waals surface area contributed by atoms with Crippen molar-refractivity contribution >= 4 is 22.4 Å². The van der Waals surface area contributed by atoms with E-state index in [4.69, 9.17) is 0 Å². The highest BCUT2D eigenvalue weighted by Gasteiger charge is 2.20. The fraction of sp³-hybridized carbons (Fsp3) is 0.0476. The summed E-state index contributed by atoms with van der Waals surface area (Å²) in [5.41, 5.74) is 1.66. The molecule has 2 aromatic heterocycles. The van der Waals surface area contributed by atoms with Gasteiger partial charge in [0.25, 0.3) is 5.43 Å². The topological polar surface area (TPSA) is 98.0 Å². The molecule has 0 aliphatic carbocycles. The van der Waals surface area contributed by atoms with Crippen LogP contribution in [0.2, 0.25) is 0 Å². The van der Waals surface area contributed by atoms with Gasteiger partial charge in [0.1, 0.15) is 0 Å². The van der Waals surface area contributed by atoms with E-state index in [0.29, 0.717) is 11.3 Å². The molecule has 7 nitrogen and oxygen atoms in total. The van der Waals surface area contributed by atoms with Crippen LogP contribution < -0.4 is 5.43 Å². The standard InChI is InChI=1S/C21H15N3O4/c25-18-10-11-23(12-17(18)24(27)28)13-19(26)20-15-8-4-5-9-16(15)22-21(20)14-6-2-1-3-7-14/h1-12,22H,13H2. The number of nitro groups is 1. The summed E-state index contributed by atoms with van der Waals surface area (Å²) in [6, 6.07) is 18.1. The molecule has 0 atom stereocenters. The van der Waals surface area contributed by atoms with E-state index in [-0.39, 0.29) is 12.3 Å². The van der Waals surface area contributed by atoms with Crippen molar-refractivity contribution in [3.63, 3.8) is 0 Å². The summed E-state index contributed by atoms with van der Waals surface area (Å²) in [7, 11) is 0. The van der Waals surface area contributed by atoms with Crippen LogP contribution in [0.3, 0.4) is 0 Å². The molecule has 0 spiro atoms. The van der Waals surface area contributed by atoms with Crippen LogP contribution in [0.5, 0.6) is 0 Å².